The van der Waals surface area contributed by atoms with Gasteiger partial charge in [-0.2, -0.15) is 13.2 Å². The van der Waals surface area contributed by atoms with E-state index in [0.29, 0.717) is 11.3 Å². The van der Waals surface area contributed by atoms with E-state index in [-0.39, 0.29) is 21.9 Å². The van der Waals surface area contributed by atoms with Crippen molar-refractivity contribution in [1.82, 2.24) is 4.98 Å². The van der Waals surface area contributed by atoms with Crippen LogP contribution >= 0.6 is 22.9 Å². The number of hydrogen-bond acceptors (Lipinski definition) is 3. The number of hydrogen-bond donors (Lipinski definition) is 0. The zero-order valence-corrected chi connectivity index (χ0v) is 10.5. The fourth-order valence-corrected chi connectivity index (χ4v) is 2.44. The number of benzene rings is 1. The normalized spacial score (nSPS) is 11.6. The van der Waals surface area contributed by atoms with Crippen molar-refractivity contribution < 1.29 is 22.4 Å². The molecule has 1 aromatic carbocycles. The third-order valence-electron chi connectivity index (χ3n) is 2.20. The molecule has 0 aliphatic carbocycles. The van der Waals surface area contributed by atoms with Gasteiger partial charge in [0.1, 0.15) is 10.8 Å². The lowest BCUT2D eigenvalue weighted by atomic mass is 10.2. The predicted molar refractivity (Wildman–Crippen MR) is 62.9 cm³/mol. The Labute approximate surface area is 113 Å². The molecular weight excluding hydrogens is 306 g/mol. The first kappa shape index (κ1) is 14.0. The molecule has 0 saturated heterocycles. The summed E-state index contributed by atoms with van der Waals surface area (Å²) >= 11 is 6.12. The topological polar surface area (TPSA) is 30.0 Å². The fraction of sp³-hybridized carbons (Fsp3) is 0.0909. The molecule has 1 aromatic heterocycles. The second-order valence-corrected chi connectivity index (χ2v) is 4.91. The van der Waals surface area contributed by atoms with Gasteiger partial charge in [0.2, 0.25) is 0 Å². The van der Waals surface area contributed by atoms with Gasteiger partial charge in [-0.05, 0) is 18.2 Å². The van der Waals surface area contributed by atoms with Gasteiger partial charge in [0, 0.05) is 5.56 Å². The van der Waals surface area contributed by atoms with Crippen LogP contribution in [0.3, 0.4) is 0 Å². The first-order valence-corrected chi connectivity index (χ1v) is 6.01. The first-order valence-electron chi connectivity index (χ1n) is 4.81. The van der Waals surface area contributed by atoms with Crippen molar-refractivity contribution in [3.63, 3.8) is 0 Å². The van der Waals surface area contributed by atoms with Crippen molar-refractivity contribution in [2.45, 2.75) is 6.18 Å². The van der Waals surface area contributed by atoms with Gasteiger partial charge < -0.3 is 0 Å². The molecule has 0 bridgehead atoms. The van der Waals surface area contributed by atoms with Gasteiger partial charge in [-0.25, -0.2) is 9.37 Å². The molecule has 19 heavy (non-hydrogen) atoms. The highest BCUT2D eigenvalue weighted by atomic mass is 35.5. The van der Waals surface area contributed by atoms with Crippen molar-refractivity contribution in [3.8, 4) is 10.6 Å². The number of nitrogens with zero attached hydrogens (tertiary/aromatic N) is 1. The molecule has 0 unspecified atom stereocenters. The molecule has 0 radical (unpaired) electrons. The Bertz CT molecular complexity index is 638. The molecule has 0 aliphatic heterocycles. The minimum Gasteiger partial charge on any atom is -0.297 e. The standard InChI is InChI=1S/C11H4ClF4NOS/c12-6-3-5(1-2-7(6)13)10-17-9(11(14,15)16)8(4-18)19-10/h1-4H. The quantitative estimate of drug-likeness (QED) is 0.606. The molecule has 8 heteroatoms. The van der Waals surface area contributed by atoms with Crippen LogP contribution in [0.5, 0.6) is 0 Å². The molecule has 0 aliphatic rings. The highest BCUT2D eigenvalue weighted by Gasteiger charge is 2.37. The monoisotopic (exact) mass is 309 g/mol. The molecular formula is C11H4ClF4NOS. The molecule has 2 rings (SSSR count). The zero-order chi connectivity index (χ0) is 14.2. The van der Waals surface area contributed by atoms with Crippen LogP contribution < -0.4 is 0 Å². The van der Waals surface area contributed by atoms with Gasteiger partial charge in [0.25, 0.3) is 0 Å². The van der Waals surface area contributed by atoms with Crippen LogP contribution in [0.15, 0.2) is 18.2 Å². The molecule has 0 saturated carbocycles. The number of thiazole rings is 1. The summed E-state index contributed by atoms with van der Waals surface area (Å²) in [4.78, 5) is 13.5. The Balaban J connectivity index is 2.54. The summed E-state index contributed by atoms with van der Waals surface area (Å²) in [5, 5.41) is -0.273. The molecule has 0 fully saturated rings. The summed E-state index contributed by atoms with van der Waals surface area (Å²) in [7, 11) is 0. The molecule has 0 spiro atoms. The van der Waals surface area contributed by atoms with Gasteiger partial charge in [-0.15, -0.1) is 11.3 Å². The molecule has 2 nitrogen and oxygen atoms in total. The third kappa shape index (κ3) is 2.76. The van der Waals surface area contributed by atoms with Crippen LogP contribution in [-0.4, -0.2) is 11.3 Å². The van der Waals surface area contributed by atoms with Crippen LogP contribution in [0.25, 0.3) is 10.6 Å². The Kier molecular flexibility index (Phi) is 3.60. The summed E-state index contributed by atoms with van der Waals surface area (Å²) < 4.78 is 50.8. The van der Waals surface area contributed by atoms with Crippen molar-refractivity contribution in [1.29, 1.82) is 0 Å². The number of carbonyl (C=O) groups is 1. The maximum atomic E-state index is 13.0. The van der Waals surface area contributed by atoms with Gasteiger partial charge in [-0.3, -0.25) is 4.79 Å². The lowest BCUT2D eigenvalue weighted by Gasteiger charge is -2.02. The van der Waals surface area contributed by atoms with E-state index in [0.717, 1.165) is 12.1 Å². The van der Waals surface area contributed by atoms with E-state index in [2.05, 4.69) is 4.98 Å². The number of rotatable bonds is 2. The van der Waals surface area contributed by atoms with Gasteiger partial charge in [-0.1, -0.05) is 11.6 Å². The summed E-state index contributed by atoms with van der Waals surface area (Å²) in [6.07, 6.45) is -4.62. The highest BCUT2D eigenvalue weighted by Crippen LogP contribution is 2.37. The Morgan fingerprint density at radius 2 is 2.00 bits per heavy atom. The van der Waals surface area contributed by atoms with E-state index in [1.807, 2.05) is 0 Å². The Hall–Kier alpha value is -1.47. The molecule has 1 heterocycles. The predicted octanol–water partition coefficient (Wildman–Crippen LogP) is 4.43. The summed E-state index contributed by atoms with van der Waals surface area (Å²) in [5.41, 5.74) is -1.03. The highest BCUT2D eigenvalue weighted by molar-refractivity contribution is 7.16. The number of carbonyl (C=O) groups excluding carboxylic acids is 1. The van der Waals surface area contributed by atoms with Gasteiger partial charge in [0.05, 0.1) is 9.90 Å². The van der Waals surface area contributed by atoms with E-state index < -0.39 is 22.6 Å². The average molecular weight is 310 g/mol. The van der Waals surface area contributed by atoms with Crippen molar-refractivity contribution in [2.75, 3.05) is 0 Å². The Morgan fingerprint density at radius 3 is 2.47 bits per heavy atom. The van der Waals surface area contributed by atoms with Crippen molar-refractivity contribution >= 4 is 29.2 Å². The van der Waals surface area contributed by atoms with Crippen LogP contribution in [0.2, 0.25) is 5.02 Å². The summed E-state index contributed by atoms with van der Waals surface area (Å²) in [5.74, 6) is -0.686. The third-order valence-corrected chi connectivity index (χ3v) is 3.51. The largest absolute Gasteiger partial charge is 0.434 e. The minimum atomic E-state index is -4.71. The molecule has 0 atom stereocenters. The minimum absolute atomic E-state index is 0.0451. The summed E-state index contributed by atoms with van der Waals surface area (Å²) in [6, 6.07) is 3.42. The molecule has 0 N–H and O–H groups in total. The SMILES string of the molecule is O=Cc1sc(-c2ccc(F)c(Cl)c2)nc1C(F)(F)F. The van der Waals surface area contributed by atoms with Gasteiger partial charge >= 0.3 is 6.18 Å². The number of alkyl halides is 3. The Morgan fingerprint density at radius 1 is 1.32 bits per heavy atom. The van der Waals surface area contributed by atoms with E-state index in [1.165, 1.54) is 6.07 Å². The molecule has 2 aromatic rings. The summed E-state index contributed by atoms with van der Waals surface area (Å²) in [6.45, 7) is 0. The maximum absolute atomic E-state index is 13.0. The van der Waals surface area contributed by atoms with E-state index in [9.17, 15) is 22.4 Å². The van der Waals surface area contributed by atoms with Crippen LogP contribution in [0.1, 0.15) is 15.4 Å². The lowest BCUT2D eigenvalue weighted by Crippen LogP contribution is -2.08. The second-order valence-electron chi connectivity index (χ2n) is 3.48. The number of halogens is 5. The maximum Gasteiger partial charge on any atom is 0.434 e. The molecule has 100 valence electrons. The average Bonchev–Trinajstić information content (AvgIpc) is 2.76. The van der Waals surface area contributed by atoms with E-state index >= 15 is 0 Å². The van der Waals surface area contributed by atoms with E-state index in [4.69, 9.17) is 11.6 Å². The molecule has 0 amide bonds. The number of aromatic nitrogens is 1. The smallest absolute Gasteiger partial charge is 0.297 e. The van der Waals surface area contributed by atoms with Gasteiger partial charge in [0.15, 0.2) is 12.0 Å². The lowest BCUT2D eigenvalue weighted by molar-refractivity contribution is -0.140. The van der Waals surface area contributed by atoms with E-state index in [1.54, 1.807) is 0 Å². The van der Waals surface area contributed by atoms with Crippen LogP contribution in [0, 0.1) is 5.82 Å². The van der Waals surface area contributed by atoms with Crippen molar-refractivity contribution in [3.05, 3.63) is 39.6 Å². The van der Waals surface area contributed by atoms with Crippen LogP contribution in [0.4, 0.5) is 17.6 Å². The number of aldehydes is 1. The second kappa shape index (κ2) is 4.90. The zero-order valence-electron chi connectivity index (χ0n) is 8.96. The first-order chi connectivity index (χ1) is 8.82. The van der Waals surface area contributed by atoms with Crippen molar-refractivity contribution in [2.24, 2.45) is 0 Å². The fourth-order valence-electron chi connectivity index (χ4n) is 1.37. The van der Waals surface area contributed by atoms with Crippen LogP contribution in [-0.2, 0) is 6.18 Å².